The van der Waals surface area contributed by atoms with Crippen LogP contribution in [0.5, 0.6) is 5.75 Å². The molecule has 3 nitrogen and oxygen atoms in total. The topological polar surface area (TPSA) is 41.5 Å². The first-order valence-corrected chi connectivity index (χ1v) is 7.92. The van der Waals surface area contributed by atoms with Gasteiger partial charge in [0.15, 0.2) is 0 Å². The van der Waals surface area contributed by atoms with E-state index in [-0.39, 0.29) is 12.1 Å². The van der Waals surface area contributed by atoms with Gasteiger partial charge in [-0.25, -0.2) is 0 Å². The second-order valence-electron chi connectivity index (χ2n) is 7.43. The van der Waals surface area contributed by atoms with E-state index in [9.17, 15) is 5.11 Å². The molecule has 1 aromatic rings. The zero-order valence-corrected chi connectivity index (χ0v) is 13.8. The van der Waals surface area contributed by atoms with Crippen molar-refractivity contribution in [3.05, 3.63) is 24.3 Å². The largest absolute Gasteiger partial charge is 0.497 e. The van der Waals surface area contributed by atoms with Crippen LogP contribution in [0.3, 0.4) is 0 Å². The van der Waals surface area contributed by atoms with Crippen molar-refractivity contribution < 1.29 is 9.84 Å². The Morgan fingerprint density at radius 1 is 1.19 bits per heavy atom. The predicted molar refractivity (Wildman–Crippen MR) is 87.8 cm³/mol. The van der Waals surface area contributed by atoms with Crippen molar-refractivity contribution >= 4 is 5.69 Å². The molecule has 21 heavy (non-hydrogen) atoms. The molecule has 0 bridgehead atoms. The molecule has 0 aliphatic heterocycles. The van der Waals surface area contributed by atoms with Crippen LogP contribution in [0, 0.1) is 11.3 Å². The molecule has 2 N–H and O–H groups in total. The lowest BCUT2D eigenvalue weighted by atomic mass is 9.67. The van der Waals surface area contributed by atoms with Crippen molar-refractivity contribution in [2.24, 2.45) is 11.3 Å². The first-order valence-electron chi connectivity index (χ1n) is 7.92. The second kappa shape index (κ2) is 6.27. The van der Waals surface area contributed by atoms with E-state index in [0.29, 0.717) is 5.41 Å². The van der Waals surface area contributed by atoms with E-state index in [1.165, 1.54) is 12.8 Å². The fourth-order valence-electron chi connectivity index (χ4n) is 3.34. The van der Waals surface area contributed by atoms with Crippen LogP contribution in [-0.2, 0) is 0 Å². The first-order chi connectivity index (χ1) is 9.88. The summed E-state index contributed by atoms with van der Waals surface area (Å²) < 4.78 is 5.18. The zero-order chi connectivity index (χ0) is 15.5. The van der Waals surface area contributed by atoms with Gasteiger partial charge in [-0.05, 0) is 61.3 Å². The molecule has 0 saturated heterocycles. The summed E-state index contributed by atoms with van der Waals surface area (Å²) in [5.41, 5.74) is 1.25. The number of nitrogens with one attached hydrogen (secondary N) is 1. The SMILES string of the molecule is COc1ccc(NC2(CO)CCC(C(C)(C)C)CC2)cc1. The minimum absolute atomic E-state index is 0.170. The van der Waals surface area contributed by atoms with Gasteiger partial charge in [-0.1, -0.05) is 20.8 Å². The summed E-state index contributed by atoms with van der Waals surface area (Å²) in [5.74, 6) is 1.60. The number of methoxy groups -OCH3 is 1. The van der Waals surface area contributed by atoms with Gasteiger partial charge in [-0.2, -0.15) is 0 Å². The number of aliphatic hydroxyl groups is 1. The van der Waals surface area contributed by atoms with Gasteiger partial charge in [0, 0.05) is 5.69 Å². The molecule has 118 valence electrons. The molecule has 0 atom stereocenters. The monoisotopic (exact) mass is 291 g/mol. The van der Waals surface area contributed by atoms with E-state index >= 15 is 0 Å². The summed E-state index contributed by atoms with van der Waals surface area (Å²) in [5, 5.41) is 13.5. The summed E-state index contributed by atoms with van der Waals surface area (Å²) in [6, 6.07) is 7.95. The van der Waals surface area contributed by atoms with Gasteiger partial charge in [0.1, 0.15) is 5.75 Å². The third-order valence-corrected chi connectivity index (χ3v) is 4.97. The normalized spacial score (nSPS) is 26.4. The van der Waals surface area contributed by atoms with E-state index in [4.69, 9.17) is 4.74 Å². The molecule has 1 fully saturated rings. The van der Waals surface area contributed by atoms with Gasteiger partial charge in [-0.3, -0.25) is 0 Å². The van der Waals surface area contributed by atoms with Gasteiger partial charge < -0.3 is 15.2 Å². The quantitative estimate of drug-likeness (QED) is 0.878. The minimum Gasteiger partial charge on any atom is -0.497 e. The molecule has 2 rings (SSSR count). The van der Waals surface area contributed by atoms with Crippen molar-refractivity contribution in [1.82, 2.24) is 0 Å². The average Bonchev–Trinajstić information content (AvgIpc) is 2.47. The van der Waals surface area contributed by atoms with E-state index in [0.717, 1.165) is 30.2 Å². The van der Waals surface area contributed by atoms with Crippen LogP contribution < -0.4 is 10.1 Å². The number of aliphatic hydroxyl groups excluding tert-OH is 1. The Bertz CT molecular complexity index is 439. The average molecular weight is 291 g/mol. The summed E-state index contributed by atoms with van der Waals surface area (Å²) in [4.78, 5) is 0. The summed E-state index contributed by atoms with van der Waals surface area (Å²) in [7, 11) is 1.67. The maximum absolute atomic E-state index is 9.91. The van der Waals surface area contributed by atoms with E-state index in [2.05, 4.69) is 26.1 Å². The van der Waals surface area contributed by atoms with Crippen LogP contribution >= 0.6 is 0 Å². The Morgan fingerprint density at radius 3 is 2.19 bits per heavy atom. The van der Waals surface area contributed by atoms with Crippen LogP contribution in [0.2, 0.25) is 0 Å². The molecule has 1 aliphatic rings. The molecule has 1 aromatic carbocycles. The van der Waals surface area contributed by atoms with E-state index < -0.39 is 0 Å². The van der Waals surface area contributed by atoms with Crippen molar-refractivity contribution in [3.8, 4) is 5.75 Å². The van der Waals surface area contributed by atoms with E-state index in [1.54, 1.807) is 7.11 Å². The van der Waals surface area contributed by atoms with Crippen molar-refractivity contribution in [3.63, 3.8) is 0 Å². The number of benzene rings is 1. The van der Waals surface area contributed by atoms with E-state index in [1.807, 2.05) is 24.3 Å². The Hall–Kier alpha value is -1.22. The highest BCUT2D eigenvalue weighted by Gasteiger charge is 2.38. The Kier molecular flexibility index (Phi) is 4.82. The Labute approximate surface area is 128 Å². The lowest BCUT2D eigenvalue weighted by Gasteiger charge is -2.44. The smallest absolute Gasteiger partial charge is 0.119 e. The van der Waals surface area contributed by atoms with Gasteiger partial charge in [-0.15, -0.1) is 0 Å². The van der Waals surface area contributed by atoms with Crippen LogP contribution in [0.1, 0.15) is 46.5 Å². The van der Waals surface area contributed by atoms with Gasteiger partial charge in [0.05, 0.1) is 19.3 Å². The molecule has 0 aromatic heterocycles. The molecule has 0 spiro atoms. The standard InChI is InChI=1S/C18H29NO2/c1-17(2,3)14-9-11-18(13-20,12-10-14)19-15-5-7-16(21-4)8-6-15/h5-8,14,19-20H,9-13H2,1-4H3. The van der Waals surface area contributed by atoms with Crippen LogP contribution in [0.15, 0.2) is 24.3 Å². The lowest BCUT2D eigenvalue weighted by Crippen LogP contribution is -2.46. The Morgan fingerprint density at radius 2 is 1.76 bits per heavy atom. The number of ether oxygens (including phenoxy) is 1. The van der Waals surface area contributed by atoms with Crippen LogP contribution in [0.4, 0.5) is 5.69 Å². The maximum Gasteiger partial charge on any atom is 0.119 e. The van der Waals surface area contributed by atoms with Crippen LogP contribution in [0.25, 0.3) is 0 Å². The summed E-state index contributed by atoms with van der Waals surface area (Å²) in [6.45, 7) is 7.15. The van der Waals surface area contributed by atoms with Crippen LogP contribution in [-0.4, -0.2) is 24.4 Å². The highest BCUT2D eigenvalue weighted by atomic mass is 16.5. The number of rotatable bonds is 4. The molecule has 0 heterocycles. The van der Waals surface area contributed by atoms with Gasteiger partial charge in [0.25, 0.3) is 0 Å². The lowest BCUT2D eigenvalue weighted by molar-refractivity contribution is 0.104. The zero-order valence-electron chi connectivity index (χ0n) is 13.8. The van der Waals surface area contributed by atoms with Gasteiger partial charge >= 0.3 is 0 Å². The first kappa shape index (κ1) is 16.2. The fraction of sp³-hybridized carbons (Fsp3) is 0.667. The third kappa shape index (κ3) is 3.91. The molecule has 1 saturated carbocycles. The summed E-state index contributed by atoms with van der Waals surface area (Å²) in [6.07, 6.45) is 4.40. The van der Waals surface area contributed by atoms with Crippen molar-refractivity contribution in [1.29, 1.82) is 0 Å². The Balaban J connectivity index is 2.02. The minimum atomic E-state index is -0.170. The number of hydrogen-bond acceptors (Lipinski definition) is 3. The highest BCUT2D eigenvalue weighted by molar-refractivity contribution is 5.48. The highest BCUT2D eigenvalue weighted by Crippen LogP contribution is 2.42. The molecule has 1 aliphatic carbocycles. The molecular weight excluding hydrogens is 262 g/mol. The molecule has 3 heteroatoms. The maximum atomic E-state index is 9.91. The predicted octanol–water partition coefficient (Wildman–Crippen LogP) is 4.07. The number of hydrogen-bond donors (Lipinski definition) is 2. The molecular formula is C18H29NO2. The molecule has 0 radical (unpaired) electrons. The molecule has 0 unspecified atom stereocenters. The van der Waals surface area contributed by atoms with Gasteiger partial charge in [0.2, 0.25) is 0 Å². The van der Waals surface area contributed by atoms with Crippen molar-refractivity contribution in [2.75, 3.05) is 19.0 Å². The van der Waals surface area contributed by atoms with Crippen molar-refractivity contribution in [2.45, 2.75) is 52.0 Å². The fourth-order valence-corrected chi connectivity index (χ4v) is 3.34. The second-order valence-corrected chi connectivity index (χ2v) is 7.43. The number of anilines is 1. The molecule has 0 amide bonds. The summed E-state index contributed by atoms with van der Waals surface area (Å²) >= 11 is 0. The third-order valence-electron chi connectivity index (χ3n) is 4.97.